The van der Waals surface area contributed by atoms with Crippen molar-refractivity contribution in [1.82, 2.24) is 15.5 Å². The highest BCUT2D eigenvalue weighted by atomic mass is 35.5. The van der Waals surface area contributed by atoms with Crippen LogP contribution in [0.1, 0.15) is 24.8 Å². The molecule has 0 bridgehead atoms. The van der Waals surface area contributed by atoms with Gasteiger partial charge >= 0.3 is 0 Å². The Morgan fingerprint density at radius 3 is 2.82 bits per heavy atom. The van der Waals surface area contributed by atoms with E-state index in [1.165, 1.54) is 0 Å². The Kier molecular flexibility index (Phi) is 2.82. The lowest BCUT2D eigenvalue weighted by atomic mass is 10.2. The van der Waals surface area contributed by atoms with Gasteiger partial charge in [-0.15, -0.1) is 0 Å². The highest BCUT2D eigenvalue weighted by molar-refractivity contribution is 6.30. The van der Waals surface area contributed by atoms with Crippen LogP contribution in [0.5, 0.6) is 0 Å². The van der Waals surface area contributed by atoms with Crippen LogP contribution in [0.4, 0.5) is 0 Å². The molecule has 5 heteroatoms. The molecule has 1 saturated heterocycles. The lowest BCUT2D eigenvalue weighted by Crippen LogP contribution is -2.12. The Bertz CT molecular complexity index is 503. The molecule has 17 heavy (non-hydrogen) atoms. The van der Waals surface area contributed by atoms with Gasteiger partial charge in [-0.25, -0.2) is 0 Å². The quantitative estimate of drug-likeness (QED) is 0.889. The summed E-state index contributed by atoms with van der Waals surface area (Å²) in [5.41, 5.74) is 0.919. The normalized spacial score (nSPS) is 19.7. The maximum absolute atomic E-state index is 5.83. The highest BCUT2D eigenvalue weighted by Crippen LogP contribution is 2.24. The second-order valence-electron chi connectivity index (χ2n) is 4.11. The average Bonchev–Trinajstić information content (AvgIpc) is 3.00. The number of hydrogen-bond acceptors (Lipinski definition) is 4. The monoisotopic (exact) mass is 249 g/mol. The van der Waals surface area contributed by atoms with Crippen molar-refractivity contribution in [2.75, 3.05) is 6.54 Å². The standard InChI is InChI=1S/C12H12ClN3O/c13-9-5-3-8(4-6-9)11-15-12(17-16-11)10-2-1-7-14-10/h3-6,10,14H,1-2,7H2. The van der Waals surface area contributed by atoms with Crippen LogP contribution in [0.15, 0.2) is 28.8 Å². The van der Waals surface area contributed by atoms with E-state index in [9.17, 15) is 0 Å². The molecule has 1 aromatic heterocycles. The van der Waals surface area contributed by atoms with E-state index < -0.39 is 0 Å². The zero-order valence-electron chi connectivity index (χ0n) is 9.19. The summed E-state index contributed by atoms with van der Waals surface area (Å²) in [6, 6.07) is 7.63. The molecule has 0 aliphatic carbocycles. The molecule has 2 heterocycles. The van der Waals surface area contributed by atoms with Crippen LogP contribution >= 0.6 is 11.6 Å². The van der Waals surface area contributed by atoms with Crippen LogP contribution in [0, 0.1) is 0 Å². The second-order valence-corrected chi connectivity index (χ2v) is 4.55. The molecular formula is C12H12ClN3O. The second kappa shape index (κ2) is 4.47. The van der Waals surface area contributed by atoms with Gasteiger partial charge in [-0.1, -0.05) is 16.8 Å². The van der Waals surface area contributed by atoms with Crippen LogP contribution in [0.3, 0.4) is 0 Å². The fraction of sp³-hybridized carbons (Fsp3) is 0.333. The first-order valence-electron chi connectivity index (χ1n) is 5.66. The van der Waals surface area contributed by atoms with Crippen molar-refractivity contribution in [3.63, 3.8) is 0 Å². The Balaban J connectivity index is 1.86. The first kappa shape index (κ1) is 10.7. The van der Waals surface area contributed by atoms with Gasteiger partial charge in [0.25, 0.3) is 0 Å². The molecule has 0 amide bonds. The van der Waals surface area contributed by atoms with Gasteiger partial charge < -0.3 is 9.84 Å². The Hall–Kier alpha value is -1.39. The van der Waals surface area contributed by atoms with Gasteiger partial charge in [-0.3, -0.25) is 0 Å². The van der Waals surface area contributed by atoms with E-state index in [2.05, 4.69) is 15.5 Å². The number of halogens is 1. The van der Waals surface area contributed by atoms with Crippen molar-refractivity contribution in [2.24, 2.45) is 0 Å². The number of hydrogen-bond donors (Lipinski definition) is 1. The number of nitrogens with zero attached hydrogens (tertiary/aromatic N) is 2. The van der Waals surface area contributed by atoms with Gasteiger partial charge in [-0.2, -0.15) is 4.98 Å². The van der Waals surface area contributed by atoms with E-state index in [1.807, 2.05) is 24.3 Å². The minimum atomic E-state index is 0.212. The number of aromatic nitrogens is 2. The predicted octanol–water partition coefficient (Wildman–Crippen LogP) is 2.81. The molecule has 4 nitrogen and oxygen atoms in total. The van der Waals surface area contributed by atoms with Crippen molar-refractivity contribution in [3.05, 3.63) is 35.2 Å². The fourth-order valence-electron chi connectivity index (χ4n) is 1.99. The van der Waals surface area contributed by atoms with Crippen LogP contribution in [0.2, 0.25) is 5.02 Å². The van der Waals surface area contributed by atoms with Gasteiger partial charge in [0.1, 0.15) is 0 Å². The van der Waals surface area contributed by atoms with E-state index in [1.54, 1.807) is 0 Å². The first-order chi connectivity index (χ1) is 8.33. The SMILES string of the molecule is Clc1ccc(-c2noc(C3CCCN3)n2)cc1. The minimum Gasteiger partial charge on any atom is -0.337 e. The lowest BCUT2D eigenvalue weighted by molar-refractivity contribution is 0.345. The van der Waals surface area contributed by atoms with Crippen LogP contribution in [-0.2, 0) is 0 Å². The van der Waals surface area contributed by atoms with Gasteiger partial charge in [0.2, 0.25) is 11.7 Å². The molecule has 88 valence electrons. The molecule has 1 aliphatic rings. The smallest absolute Gasteiger partial charge is 0.244 e. The highest BCUT2D eigenvalue weighted by Gasteiger charge is 2.22. The van der Waals surface area contributed by atoms with E-state index in [-0.39, 0.29) is 6.04 Å². The fourth-order valence-corrected chi connectivity index (χ4v) is 2.11. The van der Waals surface area contributed by atoms with E-state index in [4.69, 9.17) is 16.1 Å². The Morgan fingerprint density at radius 2 is 2.12 bits per heavy atom. The largest absolute Gasteiger partial charge is 0.337 e. The molecule has 1 N–H and O–H groups in total. The average molecular weight is 250 g/mol. The van der Waals surface area contributed by atoms with Crippen molar-refractivity contribution < 1.29 is 4.52 Å². The van der Waals surface area contributed by atoms with Crippen molar-refractivity contribution in [2.45, 2.75) is 18.9 Å². The first-order valence-corrected chi connectivity index (χ1v) is 6.03. The molecule has 0 saturated carbocycles. The summed E-state index contributed by atoms with van der Waals surface area (Å²) in [4.78, 5) is 4.41. The molecule has 2 aromatic rings. The number of nitrogens with one attached hydrogen (secondary N) is 1. The van der Waals surface area contributed by atoms with Crippen LogP contribution in [-0.4, -0.2) is 16.7 Å². The molecule has 3 rings (SSSR count). The zero-order chi connectivity index (χ0) is 11.7. The maximum atomic E-state index is 5.83. The Labute approximate surface area is 104 Å². The van der Waals surface area contributed by atoms with Crippen LogP contribution in [0.25, 0.3) is 11.4 Å². The molecule has 1 aliphatic heterocycles. The molecule has 1 aromatic carbocycles. The number of benzene rings is 1. The van der Waals surface area contributed by atoms with E-state index in [0.717, 1.165) is 24.9 Å². The zero-order valence-corrected chi connectivity index (χ0v) is 9.94. The van der Waals surface area contributed by atoms with Crippen LogP contribution < -0.4 is 5.32 Å². The van der Waals surface area contributed by atoms with Gasteiger partial charge in [0.05, 0.1) is 6.04 Å². The van der Waals surface area contributed by atoms with Crippen molar-refractivity contribution >= 4 is 11.6 Å². The third-order valence-corrected chi connectivity index (χ3v) is 3.15. The molecular weight excluding hydrogens is 238 g/mol. The topological polar surface area (TPSA) is 51.0 Å². The summed E-state index contributed by atoms with van der Waals surface area (Å²) in [7, 11) is 0. The molecule has 1 fully saturated rings. The van der Waals surface area contributed by atoms with Gasteiger partial charge in [-0.05, 0) is 43.7 Å². The van der Waals surface area contributed by atoms with Gasteiger partial charge in [0.15, 0.2) is 0 Å². The lowest BCUT2D eigenvalue weighted by Gasteiger charge is -2.01. The maximum Gasteiger partial charge on any atom is 0.244 e. The third-order valence-electron chi connectivity index (χ3n) is 2.90. The third kappa shape index (κ3) is 2.18. The molecule has 1 unspecified atom stereocenters. The van der Waals surface area contributed by atoms with E-state index in [0.29, 0.717) is 16.7 Å². The van der Waals surface area contributed by atoms with E-state index >= 15 is 0 Å². The summed E-state index contributed by atoms with van der Waals surface area (Å²) >= 11 is 5.83. The molecule has 0 spiro atoms. The number of rotatable bonds is 2. The summed E-state index contributed by atoms with van der Waals surface area (Å²) in [5, 5.41) is 8.02. The minimum absolute atomic E-state index is 0.212. The predicted molar refractivity (Wildman–Crippen MR) is 64.7 cm³/mol. The summed E-state index contributed by atoms with van der Waals surface area (Å²) < 4.78 is 5.28. The van der Waals surface area contributed by atoms with Crippen molar-refractivity contribution in [3.8, 4) is 11.4 Å². The Morgan fingerprint density at radius 1 is 1.29 bits per heavy atom. The summed E-state index contributed by atoms with van der Waals surface area (Å²) in [6.07, 6.45) is 2.21. The molecule has 1 atom stereocenters. The summed E-state index contributed by atoms with van der Waals surface area (Å²) in [6.45, 7) is 1.02. The summed E-state index contributed by atoms with van der Waals surface area (Å²) in [5.74, 6) is 1.29. The molecule has 0 radical (unpaired) electrons. The van der Waals surface area contributed by atoms with Crippen molar-refractivity contribution in [1.29, 1.82) is 0 Å². The van der Waals surface area contributed by atoms with Gasteiger partial charge in [0, 0.05) is 10.6 Å².